The van der Waals surface area contributed by atoms with E-state index in [4.69, 9.17) is 4.42 Å². The lowest BCUT2D eigenvalue weighted by Crippen LogP contribution is -2.41. The van der Waals surface area contributed by atoms with E-state index in [2.05, 4.69) is 4.98 Å². The molecule has 5 heteroatoms. The second-order valence-electron chi connectivity index (χ2n) is 5.93. The van der Waals surface area contributed by atoms with E-state index in [1.807, 2.05) is 17.0 Å². The Morgan fingerprint density at radius 3 is 2.70 bits per heavy atom. The summed E-state index contributed by atoms with van der Waals surface area (Å²) in [4.78, 5) is 30.0. The van der Waals surface area contributed by atoms with Gasteiger partial charge in [-0.3, -0.25) is 9.78 Å². The van der Waals surface area contributed by atoms with Crippen LogP contribution < -0.4 is 5.63 Å². The fraction of sp³-hybridized carbons (Fsp3) is 0.389. The first-order valence-corrected chi connectivity index (χ1v) is 8.03. The fourth-order valence-electron chi connectivity index (χ4n) is 3.09. The SMILES string of the molecule is O=C(c1ccc(=O)oc1)N(Cc1cccnc1)C1CCCCC1. The zero-order valence-corrected chi connectivity index (χ0v) is 13.0. The molecule has 2 heterocycles. The molecule has 1 saturated carbocycles. The molecule has 2 aromatic heterocycles. The average molecular weight is 312 g/mol. The third-order valence-electron chi connectivity index (χ3n) is 4.30. The molecule has 0 radical (unpaired) electrons. The van der Waals surface area contributed by atoms with Gasteiger partial charge in [-0.2, -0.15) is 0 Å². The Bertz CT molecular complexity index is 685. The normalized spacial score (nSPS) is 15.3. The number of rotatable bonds is 4. The minimum Gasteiger partial charge on any atom is -0.430 e. The highest BCUT2D eigenvalue weighted by atomic mass is 16.4. The first-order valence-electron chi connectivity index (χ1n) is 8.03. The first-order chi connectivity index (χ1) is 11.2. The van der Waals surface area contributed by atoms with Crippen LogP contribution in [-0.4, -0.2) is 21.8 Å². The number of amides is 1. The minimum absolute atomic E-state index is 0.0931. The van der Waals surface area contributed by atoms with Gasteiger partial charge >= 0.3 is 5.63 Å². The molecule has 1 aliphatic carbocycles. The lowest BCUT2D eigenvalue weighted by molar-refractivity contribution is 0.0611. The molecular weight excluding hydrogens is 292 g/mol. The van der Waals surface area contributed by atoms with E-state index in [1.165, 1.54) is 24.8 Å². The average Bonchev–Trinajstić information content (AvgIpc) is 2.61. The topological polar surface area (TPSA) is 63.4 Å². The maximum atomic E-state index is 12.9. The summed E-state index contributed by atoms with van der Waals surface area (Å²) in [6.45, 7) is 0.524. The molecule has 0 N–H and O–H groups in total. The summed E-state index contributed by atoms with van der Waals surface area (Å²) >= 11 is 0. The van der Waals surface area contributed by atoms with Crippen molar-refractivity contribution >= 4 is 5.91 Å². The summed E-state index contributed by atoms with van der Waals surface area (Å²) in [6, 6.07) is 6.90. The van der Waals surface area contributed by atoms with Gasteiger partial charge in [0.05, 0.1) is 5.56 Å². The zero-order chi connectivity index (χ0) is 16.1. The van der Waals surface area contributed by atoms with Gasteiger partial charge in [0.1, 0.15) is 6.26 Å². The Hall–Kier alpha value is -2.43. The largest absolute Gasteiger partial charge is 0.430 e. The summed E-state index contributed by atoms with van der Waals surface area (Å²) in [5.74, 6) is -0.0931. The van der Waals surface area contributed by atoms with Crippen molar-refractivity contribution < 1.29 is 9.21 Å². The smallest absolute Gasteiger partial charge is 0.335 e. The second-order valence-corrected chi connectivity index (χ2v) is 5.93. The third kappa shape index (κ3) is 3.86. The number of aromatic nitrogens is 1. The lowest BCUT2D eigenvalue weighted by atomic mass is 9.93. The molecule has 3 rings (SSSR count). The van der Waals surface area contributed by atoms with Gasteiger partial charge in [0.2, 0.25) is 0 Å². The van der Waals surface area contributed by atoms with Crippen LogP contribution in [0.2, 0.25) is 0 Å². The van der Waals surface area contributed by atoms with E-state index in [1.54, 1.807) is 12.4 Å². The first kappa shape index (κ1) is 15.5. The molecule has 23 heavy (non-hydrogen) atoms. The molecule has 0 unspecified atom stereocenters. The standard InChI is InChI=1S/C18H20N2O3/c21-17-9-8-15(13-23-17)18(22)20(16-6-2-1-3-7-16)12-14-5-4-10-19-11-14/h4-5,8-11,13,16H,1-3,6-7,12H2. The summed E-state index contributed by atoms with van der Waals surface area (Å²) < 4.78 is 4.85. The van der Waals surface area contributed by atoms with Crippen molar-refractivity contribution in [1.82, 2.24) is 9.88 Å². The minimum atomic E-state index is -0.446. The Balaban J connectivity index is 1.85. The zero-order valence-electron chi connectivity index (χ0n) is 13.0. The number of carbonyl (C=O) groups is 1. The quantitative estimate of drug-likeness (QED) is 0.870. The predicted molar refractivity (Wildman–Crippen MR) is 86.0 cm³/mol. The summed E-state index contributed by atoms with van der Waals surface area (Å²) in [6.07, 6.45) is 10.3. The van der Waals surface area contributed by atoms with Crippen molar-refractivity contribution in [2.45, 2.75) is 44.7 Å². The number of pyridine rings is 1. The van der Waals surface area contributed by atoms with E-state index in [-0.39, 0.29) is 11.9 Å². The molecule has 0 saturated heterocycles. The van der Waals surface area contributed by atoms with E-state index in [9.17, 15) is 9.59 Å². The molecule has 1 amide bonds. The monoisotopic (exact) mass is 312 g/mol. The van der Waals surface area contributed by atoms with Crippen LogP contribution in [0, 0.1) is 0 Å². The van der Waals surface area contributed by atoms with Crippen molar-refractivity contribution in [3.05, 3.63) is 64.5 Å². The van der Waals surface area contributed by atoms with Gasteiger partial charge in [-0.15, -0.1) is 0 Å². The summed E-state index contributed by atoms with van der Waals surface area (Å²) in [7, 11) is 0. The Kier molecular flexibility index (Phi) is 4.86. The van der Waals surface area contributed by atoms with Gasteiger partial charge in [-0.1, -0.05) is 25.3 Å². The summed E-state index contributed by atoms with van der Waals surface area (Å²) in [5.41, 5.74) is 0.973. The lowest BCUT2D eigenvalue weighted by Gasteiger charge is -2.34. The number of carbonyl (C=O) groups excluding carboxylic acids is 1. The molecule has 0 atom stereocenters. The van der Waals surface area contributed by atoms with E-state index >= 15 is 0 Å². The van der Waals surface area contributed by atoms with Crippen LogP contribution in [0.3, 0.4) is 0 Å². The molecule has 1 aliphatic rings. The van der Waals surface area contributed by atoms with Gasteiger partial charge in [0.25, 0.3) is 5.91 Å². The van der Waals surface area contributed by atoms with Gasteiger partial charge in [-0.25, -0.2) is 4.79 Å². The summed E-state index contributed by atoms with van der Waals surface area (Å²) in [5, 5.41) is 0. The maximum absolute atomic E-state index is 12.9. The molecule has 1 fully saturated rings. The molecule has 5 nitrogen and oxygen atoms in total. The van der Waals surface area contributed by atoms with Gasteiger partial charge < -0.3 is 9.32 Å². The maximum Gasteiger partial charge on any atom is 0.335 e. The molecule has 120 valence electrons. The van der Waals surface area contributed by atoms with Crippen LogP contribution in [0.5, 0.6) is 0 Å². The van der Waals surface area contributed by atoms with E-state index in [0.29, 0.717) is 12.1 Å². The number of hydrogen-bond acceptors (Lipinski definition) is 4. The van der Waals surface area contributed by atoms with Gasteiger partial charge in [0.15, 0.2) is 0 Å². The number of hydrogen-bond donors (Lipinski definition) is 0. The predicted octanol–water partition coefficient (Wildman–Crippen LogP) is 3.01. The molecular formula is C18H20N2O3. The highest BCUT2D eigenvalue weighted by molar-refractivity contribution is 5.93. The Labute approximate surface area is 135 Å². The van der Waals surface area contributed by atoms with Crippen molar-refractivity contribution in [2.24, 2.45) is 0 Å². The molecule has 0 aliphatic heterocycles. The van der Waals surface area contributed by atoms with Crippen LogP contribution in [-0.2, 0) is 6.54 Å². The van der Waals surface area contributed by atoms with Crippen molar-refractivity contribution in [1.29, 1.82) is 0 Å². The molecule has 0 spiro atoms. The van der Waals surface area contributed by atoms with Gasteiger partial charge in [-0.05, 0) is 30.5 Å². The van der Waals surface area contributed by atoms with E-state index < -0.39 is 5.63 Å². The fourth-order valence-corrected chi connectivity index (χ4v) is 3.09. The Morgan fingerprint density at radius 2 is 2.04 bits per heavy atom. The van der Waals surface area contributed by atoms with E-state index in [0.717, 1.165) is 31.2 Å². The van der Waals surface area contributed by atoms with Crippen LogP contribution in [0.4, 0.5) is 0 Å². The van der Waals surface area contributed by atoms with Crippen molar-refractivity contribution in [3.8, 4) is 0 Å². The Morgan fingerprint density at radius 1 is 1.22 bits per heavy atom. The highest BCUT2D eigenvalue weighted by Gasteiger charge is 2.26. The van der Waals surface area contributed by atoms with Crippen LogP contribution in [0.1, 0.15) is 48.0 Å². The second kappa shape index (κ2) is 7.22. The van der Waals surface area contributed by atoms with Gasteiger partial charge in [0, 0.05) is 31.0 Å². The van der Waals surface area contributed by atoms with Crippen LogP contribution in [0.15, 0.2) is 52.1 Å². The third-order valence-corrected chi connectivity index (χ3v) is 4.30. The van der Waals surface area contributed by atoms with Crippen LogP contribution in [0.25, 0.3) is 0 Å². The highest BCUT2D eigenvalue weighted by Crippen LogP contribution is 2.25. The number of nitrogens with zero attached hydrogens (tertiary/aromatic N) is 2. The van der Waals surface area contributed by atoms with Crippen molar-refractivity contribution in [3.63, 3.8) is 0 Å². The van der Waals surface area contributed by atoms with Crippen LogP contribution >= 0.6 is 0 Å². The molecule has 0 aromatic carbocycles. The molecule has 0 bridgehead atoms. The molecule has 2 aromatic rings. The van der Waals surface area contributed by atoms with Crippen molar-refractivity contribution in [2.75, 3.05) is 0 Å².